The molecule has 1 fully saturated rings. The van der Waals surface area contributed by atoms with E-state index in [2.05, 4.69) is 20.8 Å². The molecule has 0 bridgehead atoms. The van der Waals surface area contributed by atoms with E-state index in [9.17, 15) is 5.11 Å². The maximum Gasteiger partial charge on any atom is 0.146 e. The summed E-state index contributed by atoms with van der Waals surface area (Å²) in [4.78, 5) is 0. The summed E-state index contributed by atoms with van der Waals surface area (Å²) in [5, 5.41) is 10.6. The van der Waals surface area contributed by atoms with Gasteiger partial charge in [0.05, 0.1) is 19.3 Å². The van der Waals surface area contributed by atoms with Crippen molar-refractivity contribution in [2.45, 2.75) is 53.1 Å². The van der Waals surface area contributed by atoms with Crippen LogP contribution in [0.3, 0.4) is 0 Å². The van der Waals surface area contributed by atoms with Crippen molar-refractivity contribution in [3.8, 4) is 0 Å². The Morgan fingerprint density at radius 3 is 2.52 bits per heavy atom. The van der Waals surface area contributed by atoms with Gasteiger partial charge >= 0.3 is 0 Å². The molecule has 23 heavy (non-hydrogen) atoms. The van der Waals surface area contributed by atoms with Gasteiger partial charge in [0.2, 0.25) is 0 Å². The molecular weight excluding hydrogens is 292 g/mol. The fraction of sp³-hybridized carbons (Fsp3) is 0.895. The molecule has 1 saturated carbocycles. The van der Waals surface area contributed by atoms with Crippen LogP contribution in [0.15, 0.2) is 12.2 Å². The third-order valence-corrected chi connectivity index (χ3v) is 5.34. The summed E-state index contributed by atoms with van der Waals surface area (Å²) in [7, 11) is 1.66. The number of aliphatic hydroxyl groups is 1. The van der Waals surface area contributed by atoms with Gasteiger partial charge in [0, 0.05) is 13.7 Å². The topological polar surface area (TPSA) is 47.9 Å². The van der Waals surface area contributed by atoms with Crippen LogP contribution in [0.5, 0.6) is 0 Å². The van der Waals surface area contributed by atoms with Gasteiger partial charge in [-0.1, -0.05) is 32.9 Å². The Bertz CT molecular complexity index is 342. The van der Waals surface area contributed by atoms with E-state index in [4.69, 9.17) is 14.2 Å². The number of hydrogen-bond acceptors (Lipinski definition) is 4. The summed E-state index contributed by atoms with van der Waals surface area (Å²) in [5.74, 6) is 1.47. The van der Waals surface area contributed by atoms with Crippen molar-refractivity contribution >= 4 is 0 Å². The normalized spacial score (nSPS) is 29.7. The molecule has 1 aliphatic rings. The zero-order valence-electron chi connectivity index (χ0n) is 15.6. The van der Waals surface area contributed by atoms with Gasteiger partial charge in [0.15, 0.2) is 0 Å². The first-order valence-corrected chi connectivity index (χ1v) is 8.91. The van der Waals surface area contributed by atoms with E-state index in [1.54, 1.807) is 7.11 Å². The highest BCUT2D eigenvalue weighted by atomic mass is 16.7. The Morgan fingerprint density at radius 1 is 1.22 bits per heavy atom. The van der Waals surface area contributed by atoms with Gasteiger partial charge in [-0.05, 0) is 49.4 Å². The minimum atomic E-state index is -0.363. The lowest BCUT2D eigenvalue weighted by Crippen LogP contribution is -2.37. The second kappa shape index (κ2) is 10.4. The van der Waals surface area contributed by atoms with Crippen LogP contribution >= 0.6 is 0 Å². The summed E-state index contributed by atoms with van der Waals surface area (Å²) in [5.41, 5.74) is 0.125. The molecule has 0 aromatic rings. The maximum absolute atomic E-state index is 10.6. The molecular formula is C19H36O4. The van der Waals surface area contributed by atoms with Crippen molar-refractivity contribution in [2.24, 2.45) is 23.2 Å². The minimum absolute atomic E-state index is 0.125. The molecule has 136 valence electrons. The number of methoxy groups -OCH3 is 1. The van der Waals surface area contributed by atoms with Crippen LogP contribution in [0.25, 0.3) is 0 Å². The van der Waals surface area contributed by atoms with Gasteiger partial charge in [-0.25, -0.2) is 0 Å². The fourth-order valence-electron chi connectivity index (χ4n) is 4.01. The monoisotopic (exact) mass is 328 g/mol. The highest BCUT2D eigenvalue weighted by molar-refractivity contribution is 5.03. The predicted molar refractivity (Wildman–Crippen MR) is 93.2 cm³/mol. The van der Waals surface area contributed by atoms with E-state index in [0.717, 1.165) is 12.8 Å². The third-order valence-electron chi connectivity index (χ3n) is 5.34. The van der Waals surface area contributed by atoms with E-state index >= 15 is 0 Å². The van der Waals surface area contributed by atoms with Gasteiger partial charge in [-0.2, -0.15) is 0 Å². The lowest BCUT2D eigenvalue weighted by atomic mass is 9.69. The summed E-state index contributed by atoms with van der Waals surface area (Å²) in [6.45, 7) is 11.0. The number of rotatable bonds is 11. The van der Waals surface area contributed by atoms with E-state index in [-0.39, 0.29) is 11.5 Å². The molecule has 0 aromatic heterocycles. The minimum Gasteiger partial charge on any atom is -0.389 e. The van der Waals surface area contributed by atoms with Crippen LogP contribution in [0.1, 0.15) is 47.0 Å². The van der Waals surface area contributed by atoms with Gasteiger partial charge in [-0.15, -0.1) is 0 Å². The van der Waals surface area contributed by atoms with Crippen LogP contribution in [0, 0.1) is 23.2 Å². The first-order valence-electron chi connectivity index (χ1n) is 8.91. The van der Waals surface area contributed by atoms with E-state index in [1.807, 2.05) is 19.1 Å². The summed E-state index contributed by atoms with van der Waals surface area (Å²) < 4.78 is 15.9. The molecule has 0 heterocycles. The SMILES string of the molecule is C/C=C\[C@@H](O)[C@H]1[C@@H](C(C)C)CC[C@]1(C)CCOCOCCOC. The second-order valence-corrected chi connectivity index (χ2v) is 7.32. The van der Waals surface area contributed by atoms with Gasteiger partial charge in [0.25, 0.3) is 0 Å². The number of ether oxygens (including phenoxy) is 3. The van der Waals surface area contributed by atoms with Crippen LogP contribution in [0.2, 0.25) is 0 Å². The average Bonchev–Trinajstić information content (AvgIpc) is 2.85. The number of aliphatic hydroxyl groups excluding tert-OH is 1. The Hall–Kier alpha value is -0.420. The van der Waals surface area contributed by atoms with Crippen molar-refractivity contribution in [1.29, 1.82) is 0 Å². The molecule has 4 atom stereocenters. The molecule has 0 saturated heterocycles. The highest BCUT2D eigenvalue weighted by Crippen LogP contribution is 2.53. The number of allylic oxidation sites excluding steroid dienone is 1. The standard InChI is InChI=1S/C19H36O4/c1-6-7-17(20)18-16(15(2)3)8-9-19(18,4)10-11-22-14-23-13-12-21-5/h6-7,15-18,20H,8-14H2,1-5H3/b7-6-/t16-,17-,18-,19-/m1/s1. The Balaban J connectivity index is 2.52. The van der Waals surface area contributed by atoms with Crippen LogP contribution < -0.4 is 0 Å². The molecule has 1 rings (SSSR count). The van der Waals surface area contributed by atoms with Gasteiger partial charge in [0.1, 0.15) is 6.79 Å². The molecule has 0 aromatic carbocycles. The first kappa shape index (κ1) is 20.6. The first-order chi connectivity index (χ1) is 11.0. The Morgan fingerprint density at radius 2 is 1.91 bits per heavy atom. The fourth-order valence-corrected chi connectivity index (χ4v) is 4.01. The van der Waals surface area contributed by atoms with Crippen molar-refractivity contribution < 1.29 is 19.3 Å². The second-order valence-electron chi connectivity index (χ2n) is 7.32. The summed E-state index contributed by atoms with van der Waals surface area (Å²) in [6.07, 6.45) is 6.85. The van der Waals surface area contributed by atoms with Crippen LogP contribution in [-0.4, -0.2) is 44.9 Å². The molecule has 0 unspecified atom stereocenters. The average molecular weight is 328 g/mol. The molecule has 1 aliphatic carbocycles. The summed E-state index contributed by atoms with van der Waals surface area (Å²) in [6, 6.07) is 0. The molecule has 0 radical (unpaired) electrons. The lowest BCUT2D eigenvalue weighted by molar-refractivity contribution is -0.0768. The zero-order valence-corrected chi connectivity index (χ0v) is 15.6. The predicted octanol–water partition coefficient (Wildman–Crippen LogP) is 3.64. The lowest BCUT2D eigenvalue weighted by Gasteiger charge is -2.38. The van der Waals surface area contributed by atoms with Crippen LogP contribution in [0.4, 0.5) is 0 Å². The maximum atomic E-state index is 10.6. The van der Waals surface area contributed by atoms with Gasteiger partial charge < -0.3 is 19.3 Å². The van der Waals surface area contributed by atoms with Crippen molar-refractivity contribution in [3.63, 3.8) is 0 Å². The molecule has 1 N–H and O–H groups in total. The smallest absolute Gasteiger partial charge is 0.146 e. The molecule has 0 spiro atoms. The molecule has 0 aliphatic heterocycles. The molecule has 0 amide bonds. The third kappa shape index (κ3) is 6.18. The van der Waals surface area contributed by atoms with Gasteiger partial charge in [-0.3, -0.25) is 0 Å². The highest BCUT2D eigenvalue weighted by Gasteiger charge is 2.48. The number of hydrogen-bond donors (Lipinski definition) is 1. The van der Waals surface area contributed by atoms with E-state index in [0.29, 0.717) is 44.4 Å². The van der Waals surface area contributed by atoms with Crippen molar-refractivity contribution in [2.75, 3.05) is 33.7 Å². The summed E-state index contributed by atoms with van der Waals surface area (Å²) >= 11 is 0. The largest absolute Gasteiger partial charge is 0.389 e. The van der Waals surface area contributed by atoms with Crippen LogP contribution in [-0.2, 0) is 14.2 Å². The molecule has 4 nitrogen and oxygen atoms in total. The van der Waals surface area contributed by atoms with Crippen molar-refractivity contribution in [3.05, 3.63) is 12.2 Å². The Labute approximate surface area is 142 Å². The molecule has 4 heteroatoms. The van der Waals surface area contributed by atoms with E-state index < -0.39 is 0 Å². The Kier molecular flexibility index (Phi) is 9.37. The van der Waals surface area contributed by atoms with Crippen molar-refractivity contribution in [1.82, 2.24) is 0 Å². The van der Waals surface area contributed by atoms with E-state index in [1.165, 1.54) is 6.42 Å². The zero-order chi connectivity index (χ0) is 17.3. The quantitative estimate of drug-likeness (QED) is 0.357.